The number of nitrogens with zero attached hydrogens (tertiary/aromatic N) is 5. The molecule has 3 heterocycles. The molecule has 4 rings (SSSR count). The van der Waals surface area contributed by atoms with E-state index in [-0.39, 0.29) is 12.4 Å². The first-order valence-electron chi connectivity index (χ1n) is 13.6. The zero-order valence-corrected chi connectivity index (χ0v) is 23.4. The maximum absolute atomic E-state index is 14.4. The van der Waals surface area contributed by atoms with Crippen LogP contribution in [0.2, 0.25) is 0 Å². The lowest BCUT2D eigenvalue weighted by molar-refractivity contribution is -0.139. The number of hydrogen-bond acceptors (Lipinski definition) is 10. The summed E-state index contributed by atoms with van der Waals surface area (Å²) in [5.74, 6) is -1.27. The second-order valence-corrected chi connectivity index (χ2v) is 10.3. The van der Waals surface area contributed by atoms with Crippen molar-refractivity contribution in [1.82, 2.24) is 25.4 Å². The fourth-order valence-corrected chi connectivity index (χ4v) is 4.55. The SMILES string of the molecule is COC(=O)CNC(=O)c1c(F)cc(OCCCC2CCN(c3ncc(-c4noc(CC(C)C)n4)cn3)CC2)cc1F. The highest BCUT2D eigenvalue weighted by molar-refractivity contribution is 5.96. The van der Waals surface area contributed by atoms with Crippen LogP contribution in [0.15, 0.2) is 29.0 Å². The molecule has 0 aliphatic carbocycles. The van der Waals surface area contributed by atoms with Crippen LogP contribution in [0.3, 0.4) is 0 Å². The van der Waals surface area contributed by atoms with E-state index in [9.17, 15) is 18.4 Å². The van der Waals surface area contributed by atoms with Gasteiger partial charge in [0.15, 0.2) is 0 Å². The summed E-state index contributed by atoms with van der Waals surface area (Å²) in [6.07, 6.45) is 7.69. The van der Waals surface area contributed by atoms with Crippen LogP contribution in [-0.4, -0.2) is 65.3 Å². The number of hydrogen-bond donors (Lipinski definition) is 1. The number of nitrogens with one attached hydrogen (secondary N) is 1. The molecule has 1 fully saturated rings. The third-order valence-electron chi connectivity index (χ3n) is 6.73. The highest BCUT2D eigenvalue weighted by atomic mass is 19.1. The van der Waals surface area contributed by atoms with E-state index in [1.165, 1.54) is 0 Å². The molecule has 1 amide bonds. The van der Waals surface area contributed by atoms with Crippen LogP contribution in [-0.2, 0) is 16.0 Å². The molecule has 0 radical (unpaired) electrons. The molecule has 1 aromatic carbocycles. The van der Waals surface area contributed by atoms with Gasteiger partial charge < -0.3 is 24.2 Å². The number of benzene rings is 1. The number of amides is 1. The lowest BCUT2D eigenvalue weighted by Crippen LogP contribution is -2.34. The minimum atomic E-state index is -1.07. The van der Waals surface area contributed by atoms with Gasteiger partial charge in [-0.3, -0.25) is 9.59 Å². The molecular formula is C28H34F2N6O5. The summed E-state index contributed by atoms with van der Waals surface area (Å²) in [5, 5.41) is 6.14. The van der Waals surface area contributed by atoms with Crippen molar-refractivity contribution in [2.45, 2.75) is 46.0 Å². The molecule has 3 aromatic rings. The molecule has 2 aromatic heterocycles. The van der Waals surface area contributed by atoms with E-state index >= 15 is 0 Å². The van der Waals surface area contributed by atoms with Crippen molar-refractivity contribution in [2.24, 2.45) is 11.8 Å². The Morgan fingerprint density at radius 2 is 1.83 bits per heavy atom. The second-order valence-electron chi connectivity index (χ2n) is 10.3. The van der Waals surface area contributed by atoms with Gasteiger partial charge in [0.05, 0.1) is 19.3 Å². The molecule has 11 nitrogen and oxygen atoms in total. The topological polar surface area (TPSA) is 133 Å². The van der Waals surface area contributed by atoms with Crippen LogP contribution in [0.5, 0.6) is 5.75 Å². The molecule has 0 bridgehead atoms. The fraction of sp³-hybridized carbons (Fsp3) is 0.500. The van der Waals surface area contributed by atoms with Gasteiger partial charge in [0, 0.05) is 44.0 Å². The first-order valence-corrected chi connectivity index (χ1v) is 13.6. The number of carbonyl (C=O) groups excluding carboxylic acids is 2. The maximum Gasteiger partial charge on any atom is 0.325 e. The largest absolute Gasteiger partial charge is 0.493 e. The van der Waals surface area contributed by atoms with Crippen LogP contribution in [0.1, 0.15) is 55.8 Å². The van der Waals surface area contributed by atoms with Gasteiger partial charge >= 0.3 is 5.97 Å². The van der Waals surface area contributed by atoms with Crippen molar-refractivity contribution in [2.75, 3.05) is 38.3 Å². The van der Waals surface area contributed by atoms with E-state index in [0.29, 0.717) is 41.5 Å². The molecule has 0 atom stereocenters. The summed E-state index contributed by atoms with van der Waals surface area (Å²) in [6, 6.07) is 1.92. The molecule has 220 valence electrons. The Bertz CT molecular complexity index is 1300. The average molecular weight is 573 g/mol. The molecule has 0 saturated carbocycles. The lowest BCUT2D eigenvalue weighted by atomic mass is 9.92. The van der Waals surface area contributed by atoms with Crippen molar-refractivity contribution in [1.29, 1.82) is 0 Å². The Hall–Kier alpha value is -4.16. The number of methoxy groups -OCH3 is 1. The Balaban J connectivity index is 1.19. The monoisotopic (exact) mass is 572 g/mol. The first kappa shape index (κ1) is 29.8. The molecule has 13 heteroatoms. The number of piperidine rings is 1. The summed E-state index contributed by atoms with van der Waals surface area (Å²) >= 11 is 0. The molecular weight excluding hydrogens is 538 g/mol. The summed E-state index contributed by atoms with van der Waals surface area (Å²) in [5.41, 5.74) is -0.0733. The van der Waals surface area contributed by atoms with Crippen LogP contribution >= 0.6 is 0 Å². The van der Waals surface area contributed by atoms with Crippen molar-refractivity contribution in [3.05, 3.63) is 47.6 Å². The van der Waals surface area contributed by atoms with E-state index < -0.39 is 35.6 Å². The molecule has 1 aliphatic rings. The summed E-state index contributed by atoms with van der Waals surface area (Å²) in [6.45, 7) is 5.61. The predicted molar refractivity (Wildman–Crippen MR) is 144 cm³/mol. The summed E-state index contributed by atoms with van der Waals surface area (Å²) in [7, 11) is 1.14. The Kier molecular flexibility index (Phi) is 10.1. The van der Waals surface area contributed by atoms with Crippen molar-refractivity contribution in [3.63, 3.8) is 0 Å². The summed E-state index contributed by atoms with van der Waals surface area (Å²) < 4.78 is 44.0. The zero-order valence-electron chi connectivity index (χ0n) is 23.4. The van der Waals surface area contributed by atoms with Gasteiger partial charge in [0.2, 0.25) is 17.7 Å². The number of ether oxygens (including phenoxy) is 2. The van der Waals surface area contributed by atoms with Crippen molar-refractivity contribution in [3.8, 4) is 17.1 Å². The smallest absolute Gasteiger partial charge is 0.325 e. The number of carbonyl (C=O) groups is 2. The third-order valence-corrected chi connectivity index (χ3v) is 6.73. The Morgan fingerprint density at radius 1 is 1.15 bits per heavy atom. The van der Waals surface area contributed by atoms with Gasteiger partial charge in [-0.2, -0.15) is 4.98 Å². The van der Waals surface area contributed by atoms with Gasteiger partial charge in [0.1, 0.15) is 29.5 Å². The van der Waals surface area contributed by atoms with Crippen LogP contribution < -0.4 is 15.0 Å². The predicted octanol–water partition coefficient (Wildman–Crippen LogP) is 3.98. The minimum Gasteiger partial charge on any atom is -0.493 e. The third kappa shape index (κ3) is 8.18. The van der Waals surface area contributed by atoms with E-state index in [4.69, 9.17) is 9.26 Å². The second kappa shape index (κ2) is 14.0. The van der Waals surface area contributed by atoms with Gasteiger partial charge in [-0.15, -0.1) is 0 Å². The number of anilines is 1. The normalized spacial score (nSPS) is 13.9. The van der Waals surface area contributed by atoms with E-state index in [1.807, 2.05) is 0 Å². The number of esters is 1. The first-order chi connectivity index (χ1) is 19.7. The number of halogens is 2. The standard InChI is InChI=1S/C28H34F2N6O5/c1-17(2)11-23-34-26(35-41-23)19-14-32-28(33-15-19)36-8-6-18(7-9-36)5-4-10-40-20-12-21(29)25(22(30)13-20)27(38)31-16-24(37)39-3/h12-15,17-18H,4-11,16H2,1-3H3,(H,31,38). The molecule has 0 spiro atoms. The highest BCUT2D eigenvalue weighted by Crippen LogP contribution is 2.26. The van der Waals surface area contributed by atoms with E-state index in [2.05, 4.69) is 48.9 Å². The Labute approximate surface area is 236 Å². The molecule has 0 unspecified atom stereocenters. The molecule has 1 aliphatic heterocycles. The van der Waals surface area contributed by atoms with Gasteiger partial charge in [0.25, 0.3) is 5.91 Å². The van der Waals surface area contributed by atoms with Crippen molar-refractivity contribution < 1.29 is 32.4 Å². The maximum atomic E-state index is 14.4. The quantitative estimate of drug-likeness (QED) is 0.251. The molecule has 1 saturated heterocycles. The molecule has 41 heavy (non-hydrogen) atoms. The van der Waals surface area contributed by atoms with Crippen LogP contribution in [0, 0.1) is 23.5 Å². The number of aromatic nitrogens is 4. The van der Waals surface area contributed by atoms with Gasteiger partial charge in [-0.1, -0.05) is 19.0 Å². The highest BCUT2D eigenvalue weighted by Gasteiger charge is 2.22. The molecule has 1 N–H and O–H groups in total. The van der Waals surface area contributed by atoms with E-state index in [0.717, 1.165) is 58.0 Å². The minimum absolute atomic E-state index is 0.00287. The Morgan fingerprint density at radius 3 is 2.46 bits per heavy atom. The van der Waals surface area contributed by atoms with Crippen LogP contribution in [0.4, 0.5) is 14.7 Å². The van der Waals surface area contributed by atoms with Gasteiger partial charge in [-0.05, 0) is 37.5 Å². The number of rotatable bonds is 12. The zero-order chi connectivity index (χ0) is 29.4. The summed E-state index contributed by atoms with van der Waals surface area (Å²) in [4.78, 5) is 38.7. The fourth-order valence-electron chi connectivity index (χ4n) is 4.55. The van der Waals surface area contributed by atoms with Crippen molar-refractivity contribution >= 4 is 17.8 Å². The average Bonchev–Trinajstić information content (AvgIpc) is 3.42. The lowest BCUT2D eigenvalue weighted by Gasteiger charge is -2.32. The van der Waals surface area contributed by atoms with Crippen LogP contribution in [0.25, 0.3) is 11.4 Å². The van der Waals surface area contributed by atoms with E-state index in [1.54, 1.807) is 12.4 Å². The van der Waals surface area contributed by atoms with Gasteiger partial charge in [-0.25, -0.2) is 18.7 Å².